The van der Waals surface area contributed by atoms with Crippen molar-refractivity contribution in [2.75, 3.05) is 5.32 Å². The molecule has 1 saturated carbocycles. The summed E-state index contributed by atoms with van der Waals surface area (Å²) in [4.78, 5) is 12.0. The molecule has 0 unspecified atom stereocenters. The van der Waals surface area contributed by atoms with Gasteiger partial charge in [-0.1, -0.05) is 6.07 Å². The van der Waals surface area contributed by atoms with Gasteiger partial charge in [-0.05, 0) is 43.9 Å². The molecule has 104 valence electrons. The average molecular weight is 283 g/mol. The molecule has 0 spiro atoms. The topological polar surface area (TPSA) is 115 Å². The normalized spacial score (nSPS) is 17.6. The summed E-state index contributed by atoms with van der Waals surface area (Å²) in [6.45, 7) is 1.77. The van der Waals surface area contributed by atoms with Gasteiger partial charge in [-0.15, -0.1) is 0 Å². The third kappa shape index (κ3) is 2.78. The lowest BCUT2D eigenvalue weighted by atomic mass is 9.77. The Morgan fingerprint density at radius 1 is 1.37 bits per heavy atom. The first-order valence-electron chi connectivity index (χ1n) is 5.96. The first-order chi connectivity index (χ1) is 8.72. The van der Waals surface area contributed by atoms with E-state index in [4.69, 9.17) is 10.9 Å². The zero-order valence-corrected chi connectivity index (χ0v) is 11.5. The lowest BCUT2D eigenvalue weighted by molar-refractivity contribution is -0.123. The van der Waals surface area contributed by atoms with Gasteiger partial charge < -0.3 is 11.1 Å². The summed E-state index contributed by atoms with van der Waals surface area (Å²) >= 11 is 0. The molecule has 2 rings (SSSR count). The number of carbonyl (C=O) groups is 1. The molecule has 1 aromatic rings. The fourth-order valence-corrected chi connectivity index (χ4v) is 2.48. The van der Waals surface area contributed by atoms with E-state index in [0.29, 0.717) is 18.5 Å². The Labute approximate surface area is 112 Å². The van der Waals surface area contributed by atoms with Crippen molar-refractivity contribution >= 4 is 21.6 Å². The smallest absolute Gasteiger partial charge is 0.244 e. The predicted molar refractivity (Wildman–Crippen MR) is 72.0 cm³/mol. The van der Waals surface area contributed by atoms with Crippen LogP contribution in [0.3, 0.4) is 0 Å². The number of aryl methyl sites for hydroxylation is 1. The molecule has 0 radical (unpaired) electrons. The second-order valence-electron chi connectivity index (χ2n) is 4.99. The van der Waals surface area contributed by atoms with Crippen molar-refractivity contribution in [3.63, 3.8) is 0 Å². The average Bonchev–Trinajstić information content (AvgIpc) is 2.27. The monoisotopic (exact) mass is 283 g/mol. The number of rotatable bonds is 3. The number of carbonyl (C=O) groups excluding carboxylic acids is 1. The van der Waals surface area contributed by atoms with Crippen LogP contribution in [-0.4, -0.2) is 19.9 Å². The van der Waals surface area contributed by atoms with Crippen LogP contribution in [0.25, 0.3) is 0 Å². The predicted octanol–water partition coefficient (Wildman–Crippen LogP) is 0.462. The van der Waals surface area contributed by atoms with E-state index >= 15 is 0 Å². The van der Waals surface area contributed by atoms with Crippen LogP contribution in [0.5, 0.6) is 0 Å². The maximum Gasteiger partial charge on any atom is 0.244 e. The second-order valence-corrected chi connectivity index (χ2v) is 6.55. The zero-order valence-electron chi connectivity index (χ0n) is 10.6. The van der Waals surface area contributed by atoms with Gasteiger partial charge in [0, 0.05) is 5.69 Å². The Morgan fingerprint density at radius 3 is 2.47 bits per heavy atom. The van der Waals surface area contributed by atoms with Crippen molar-refractivity contribution in [1.82, 2.24) is 0 Å². The standard InChI is InChI=1S/C12H17N3O3S/c1-8-3-4-9(19(14,17)18)7-10(8)15-11(16)12(13)5-2-6-12/h3-4,7H,2,5-6,13H2,1H3,(H,15,16)(H2,14,17,18). The molecular formula is C12H17N3O3S. The number of primary sulfonamides is 1. The summed E-state index contributed by atoms with van der Waals surface area (Å²) in [6.07, 6.45) is 2.22. The van der Waals surface area contributed by atoms with Crippen LogP contribution < -0.4 is 16.2 Å². The SMILES string of the molecule is Cc1ccc(S(N)(=O)=O)cc1NC(=O)C1(N)CCC1. The number of sulfonamides is 1. The van der Waals surface area contributed by atoms with Crippen molar-refractivity contribution < 1.29 is 13.2 Å². The lowest BCUT2D eigenvalue weighted by Gasteiger charge is -2.36. The molecule has 1 aliphatic rings. The molecule has 0 heterocycles. The highest BCUT2D eigenvalue weighted by molar-refractivity contribution is 7.89. The largest absolute Gasteiger partial charge is 0.324 e. The van der Waals surface area contributed by atoms with E-state index < -0.39 is 15.6 Å². The number of amides is 1. The number of hydrogen-bond donors (Lipinski definition) is 3. The molecular weight excluding hydrogens is 266 g/mol. The Hall–Kier alpha value is -1.44. The molecule has 0 atom stereocenters. The maximum atomic E-state index is 12.0. The van der Waals surface area contributed by atoms with E-state index in [9.17, 15) is 13.2 Å². The zero-order chi connectivity index (χ0) is 14.3. The Morgan fingerprint density at radius 2 is 2.00 bits per heavy atom. The third-order valence-electron chi connectivity index (χ3n) is 3.48. The van der Waals surface area contributed by atoms with Crippen LogP contribution in [-0.2, 0) is 14.8 Å². The number of anilines is 1. The first-order valence-corrected chi connectivity index (χ1v) is 7.51. The molecule has 19 heavy (non-hydrogen) atoms. The molecule has 0 aromatic heterocycles. The van der Waals surface area contributed by atoms with E-state index in [-0.39, 0.29) is 10.8 Å². The highest BCUT2D eigenvalue weighted by Gasteiger charge is 2.40. The number of nitrogens with one attached hydrogen (secondary N) is 1. The summed E-state index contributed by atoms with van der Waals surface area (Å²) in [5.74, 6) is -0.284. The first kappa shape index (κ1) is 14.0. The van der Waals surface area contributed by atoms with Gasteiger partial charge in [0.1, 0.15) is 0 Å². The molecule has 7 heteroatoms. The molecule has 0 aliphatic heterocycles. The van der Waals surface area contributed by atoms with Crippen LogP contribution in [0, 0.1) is 6.92 Å². The Balaban J connectivity index is 2.27. The van der Waals surface area contributed by atoms with Gasteiger partial charge in [0.25, 0.3) is 0 Å². The quantitative estimate of drug-likeness (QED) is 0.747. The van der Waals surface area contributed by atoms with Crippen molar-refractivity contribution in [2.45, 2.75) is 36.6 Å². The summed E-state index contributed by atoms with van der Waals surface area (Å²) in [7, 11) is -3.79. The summed E-state index contributed by atoms with van der Waals surface area (Å²) < 4.78 is 22.6. The molecule has 0 saturated heterocycles. The van der Waals surface area contributed by atoms with E-state index in [2.05, 4.69) is 5.32 Å². The van der Waals surface area contributed by atoms with Crippen LogP contribution in [0.1, 0.15) is 24.8 Å². The van der Waals surface area contributed by atoms with E-state index in [0.717, 1.165) is 12.0 Å². The fraction of sp³-hybridized carbons (Fsp3) is 0.417. The molecule has 0 bridgehead atoms. The van der Waals surface area contributed by atoms with E-state index in [1.807, 2.05) is 0 Å². The van der Waals surface area contributed by atoms with Gasteiger partial charge in [0.2, 0.25) is 15.9 Å². The number of benzene rings is 1. The molecule has 1 amide bonds. The lowest BCUT2D eigenvalue weighted by Crippen LogP contribution is -2.56. The van der Waals surface area contributed by atoms with Gasteiger partial charge in [-0.3, -0.25) is 4.79 Å². The minimum Gasteiger partial charge on any atom is -0.324 e. The van der Waals surface area contributed by atoms with Gasteiger partial charge in [0.05, 0.1) is 10.4 Å². The minimum atomic E-state index is -3.79. The maximum absolute atomic E-state index is 12.0. The van der Waals surface area contributed by atoms with Gasteiger partial charge in [-0.2, -0.15) is 0 Å². The fourth-order valence-electron chi connectivity index (χ4n) is 1.94. The number of hydrogen-bond acceptors (Lipinski definition) is 4. The van der Waals surface area contributed by atoms with Crippen LogP contribution in [0.2, 0.25) is 0 Å². The van der Waals surface area contributed by atoms with Gasteiger partial charge in [0.15, 0.2) is 0 Å². The highest BCUT2D eigenvalue weighted by Crippen LogP contribution is 2.31. The summed E-state index contributed by atoms with van der Waals surface area (Å²) in [6, 6.07) is 4.35. The third-order valence-corrected chi connectivity index (χ3v) is 4.39. The molecule has 1 fully saturated rings. The van der Waals surface area contributed by atoms with Gasteiger partial charge >= 0.3 is 0 Å². The molecule has 1 aromatic carbocycles. The Kier molecular flexibility index (Phi) is 3.38. The molecule has 6 nitrogen and oxygen atoms in total. The van der Waals surface area contributed by atoms with Crippen molar-refractivity contribution in [3.8, 4) is 0 Å². The van der Waals surface area contributed by atoms with E-state index in [1.54, 1.807) is 13.0 Å². The van der Waals surface area contributed by atoms with Gasteiger partial charge in [-0.25, -0.2) is 13.6 Å². The van der Waals surface area contributed by atoms with Crippen molar-refractivity contribution in [1.29, 1.82) is 0 Å². The molecule has 1 aliphatic carbocycles. The van der Waals surface area contributed by atoms with Crippen molar-refractivity contribution in [2.24, 2.45) is 10.9 Å². The van der Waals surface area contributed by atoms with Crippen LogP contribution in [0.4, 0.5) is 5.69 Å². The summed E-state index contributed by atoms with van der Waals surface area (Å²) in [5, 5.41) is 7.75. The summed E-state index contributed by atoms with van der Waals surface area (Å²) in [5.41, 5.74) is 6.26. The van der Waals surface area contributed by atoms with Crippen LogP contribution in [0.15, 0.2) is 23.1 Å². The van der Waals surface area contributed by atoms with Crippen molar-refractivity contribution in [3.05, 3.63) is 23.8 Å². The molecule has 5 N–H and O–H groups in total. The van der Waals surface area contributed by atoms with Crippen LogP contribution >= 0.6 is 0 Å². The second kappa shape index (κ2) is 4.59. The van der Waals surface area contributed by atoms with E-state index in [1.165, 1.54) is 12.1 Å². The highest BCUT2D eigenvalue weighted by atomic mass is 32.2. The number of nitrogens with two attached hydrogens (primary N) is 2. The minimum absolute atomic E-state index is 0.0342. The Bertz CT molecular complexity index is 621.